The number of benzene rings is 3. The fraction of sp³-hybridized carbons (Fsp3) is 0.273. The molecule has 1 saturated heterocycles. The SMILES string of the molecule is CC1(C)OB(c2ccc3ccccc3c2-c2ccccc2)OC1(C)C. The predicted molar refractivity (Wildman–Crippen MR) is 105 cm³/mol. The summed E-state index contributed by atoms with van der Waals surface area (Å²) >= 11 is 0. The van der Waals surface area contributed by atoms with Crippen molar-refractivity contribution < 1.29 is 9.31 Å². The molecule has 1 aliphatic heterocycles. The Bertz CT molecular complexity index is 900. The average molecular weight is 330 g/mol. The molecular formula is C22H23BO2. The van der Waals surface area contributed by atoms with Gasteiger partial charge >= 0.3 is 7.12 Å². The van der Waals surface area contributed by atoms with Gasteiger partial charge in [0.15, 0.2) is 0 Å². The van der Waals surface area contributed by atoms with Gasteiger partial charge in [-0.1, -0.05) is 66.7 Å². The van der Waals surface area contributed by atoms with Gasteiger partial charge in [0.25, 0.3) is 0 Å². The summed E-state index contributed by atoms with van der Waals surface area (Å²) in [5.74, 6) is 0. The van der Waals surface area contributed by atoms with Crippen molar-refractivity contribution in [2.24, 2.45) is 0 Å². The Hall–Kier alpha value is -2.10. The molecule has 4 rings (SSSR count). The number of hydrogen-bond acceptors (Lipinski definition) is 2. The summed E-state index contributed by atoms with van der Waals surface area (Å²) in [6, 6.07) is 23.3. The van der Waals surface area contributed by atoms with Gasteiger partial charge in [0.2, 0.25) is 0 Å². The van der Waals surface area contributed by atoms with E-state index in [2.05, 4.69) is 88.4 Å². The third-order valence-corrected chi connectivity index (χ3v) is 5.53. The first kappa shape index (κ1) is 16.4. The zero-order valence-electron chi connectivity index (χ0n) is 15.2. The van der Waals surface area contributed by atoms with Gasteiger partial charge < -0.3 is 9.31 Å². The second-order valence-electron chi connectivity index (χ2n) is 7.71. The maximum Gasteiger partial charge on any atom is 0.495 e. The topological polar surface area (TPSA) is 18.5 Å². The summed E-state index contributed by atoms with van der Waals surface area (Å²) in [4.78, 5) is 0. The van der Waals surface area contributed by atoms with Crippen molar-refractivity contribution >= 4 is 23.4 Å². The van der Waals surface area contributed by atoms with Crippen LogP contribution in [0.25, 0.3) is 21.9 Å². The molecule has 2 nitrogen and oxygen atoms in total. The highest BCUT2D eigenvalue weighted by molar-refractivity contribution is 6.64. The summed E-state index contributed by atoms with van der Waals surface area (Å²) in [6.07, 6.45) is 0. The van der Waals surface area contributed by atoms with E-state index in [1.54, 1.807) is 0 Å². The van der Waals surface area contributed by atoms with Crippen LogP contribution in [0, 0.1) is 0 Å². The lowest BCUT2D eigenvalue weighted by Crippen LogP contribution is -2.41. The lowest BCUT2D eigenvalue weighted by Gasteiger charge is -2.32. The van der Waals surface area contributed by atoms with Gasteiger partial charge in [-0.25, -0.2) is 0 Å². The van der Waals surface area contributed by atoms with E-state index in [0.29, 0.717) is 0 Å². The van der Waals surface area contributed by atoms with Crippen molar-refractivity contribution in [2.45, 2.75) is 38.9 Å². The van der Waals surface area contributed by atoms with E-state index in [-0.39, 0.29) is 18.3 Å². The van der Waals surface area contributed by atoms with Crippen molar-refractivity contribution in [3.05, 3.63) is 66.7 Å². The molecule has 1 heterocycles. The molecule has 0 unspecified atom stereocenters. The zero-order valence-corrected chi connectivity index (χ0v) is 15.2. The maximum absolute atomic E-state index is 6.34. The molecule has 25 heavy (non-hydrogen) atoms. The molecule has 0 N–H and O–H groups in total. The van der Waals surface area contributed by atoms with Crippen LogP contribution in [0.4, 0.5) is 0 Å². The molecule has 3 heteroatoms. The van der Waals surface area contributed by atoms with Gasteiger partial charge in [-0.15, -0.1) is 0 Å². The van der Waals surface area contributed by atoms with E-state index in [0.717, 1.165) is 5.46 Å². The molecule has 0 radical (unpaired) electrons. The smallest absolute Gasteiger partial charge is 0.399 e. The molecule has 0 saturated carbocycles. The fourth-order valence-electron chi connectivity index (χ4n) is 3.38. The lowest BCUT2D eigenvalue weighted by molar-refractivity contribution is 0.00578. The zero-order chi connectivity index (χ0) is 17.7. The predicted octanol–water partition coefficient (Wildman–Crippen LogP) is 4.81. The van der Waals surface area contributed by atoms with Crippen molar-refractivity contribution in [1.82, 2.24) is 0 Å². The van der Waals surface area contributed by atoms with Gasteiger partial charge in [-0.05, 0) is 55.1 Å². The Labute approximate surface area is 149 Å². The number of rotatable bonds is 2. The minimum absolute atomic E-state index is 0.350. The molecule has 0 bridgehead atoms. The molecule has 1 aliphatic rings. The highest BCUT2D eigenvalue weighted by Gasteiger charge is 2.52. The summed E-state index contributed by atoms with van der Waals surface area (Å²) in [5, 5.41) is 2.45. The first-order valence-electron chi connectivity index (χ1n) is 8.82. The number of hydrogen-bond donors (Lipinski definition) is 0. The second kappa shape index (κ2) is 5.72. The lowest BCUT2D eigenvalue weighted by atomic mass is 9.73. The van der Waals surface area contributed by atoms with Crippen LogP contribution < -0.4 is 5.46 Å². The van der Waals surface area contributed by atoms with Crippen LogP contribution in [0.1, 0.15) is 27.7 Å². The van der Waals surface area contributed by atoms with Gasteiger partial charge in [0, 0.05) is 0 Å². The quantitative estimate of drug-likeness (QED) is 0.628. The monoisotopic (exact) mass is 330 g/mol. The second-order valence-corrected chi connectivity index (χ2v) is 7.71. The van der Waals surface area contributed by atoms with Crippen LogP contribution in [0.3, 0.4) is 0 Å². The molecule has 0 aromatic heterocycles. The van der Waals surface area contributed by atoms with Gasteiger partial charge in [-0.2, -0.15) is 0 Å². The third kappa shape index (κ3) is 2.68. The average Bonchev–Trinajstić information content (AvgIpc) is 2.82. The molecule has 3 aromatic carbocycles. The van der Waals surface area contributed by atoms with E-state index < -0.39 is 0 Å². The van der Waals surface area contributed by atoms with Gasteiger partial charge in [-0.3, -0.25) is 0 Å². The molecule has 126 valence electrons. The Morgan fingerprint density at radius 2 is 1.28 bits per heavy atom. The number of fused-ring (bicyclic) bond motifs is 1. The van der Waals surface area contributed by atoms with E-state index in [1.165, 1.54) is 21.9 Å². The fourth-order valence-corrected chi connectivity index (χ4v) is 3.38. The summed E-state index contributed by atoms with van der Waals surface area (Å²) in [7, 11) is -0.371. The molecular weight excluding hydrogens is 307 g/mol. The Balaban J connectivity index is 1.94. The van der Waals surface area contributed by atoms with Crippen molar-refractivity contribution in [2.75, 3.05) is 0 Å². The summed E-state index contributed by atoms with van der Waals surface area (Å²) in [6.45, 7) is 8.37. The third-order valence-electron chi connectivity index (χ3n) is 5.53. The van der Waals surface area contributed by atoms with Crippen LogP contribution >= 0.6 is 0 Å². The van der Waals surface area contributed by atoms with E-state index in [4.69, 9.17) is 9.31 Å². The Morgan fingerprint density at radius 3 is 1.96 bits per heavy atom. The molecule has 0 atom stereocenters. The van der Waals surface area contributed by atoms with E-state index in [1.807, 2.05) is 6.07 Å². The van der Waals surface area contributed by atoms with Crippen molar-refractivity contribution in [3.63, 3.8) is 0 Å². The summed E-state index contributed by atoms with van der Waals surface area (Å²) in [5.41, 5.74) is 2.76. The minimum atomic E-state index is -0.371. The molecule has 1 fully saturated rings. The highest BCUT2D eigenvalue weighted by atomic mass is 16.7. The van der Waals surface area contributed by atoms with Crippen molar-refractivity contribution in [1.29, 1.82) is 0 Å². The molecule has 3 aromatic rings. The first-order chi connectivity index (χ1) is 11.9. The van der Waals surface area contributed by atoms with E-state index in [9.17, 15) is 0 Å². The highest BCUT2D eigenvalue weighted by Crippen LogP contribution is 2.38. The van der Waals surface area contributed by atoms with Crippen LogP contribution in [-0.4, -0.2) is 18.3 Å². The maximum atomic E-state index is 6.34. The van der Waals surface area contributed by atoms with Crippen LogP contribution in [0.2, 0.25) is 0 Å². The summed E-state index contributed by atoms with van der Waals surface area (Å²) < 4.78 is 12.7. The van der Waals surface area contributed by atoms with Crippen LogP contribution in [0.5, 0.6) is 0 Å². The minimum Gasteiger partial charge on any atom is -0.399 e. The Morgan fingerprint density at radius 1 is 0.680 bits per heavy atom. The van der Waals surface area contributed by atoms with Gasteiger partial charge in [0.05, 0.1) is 11.2 Å². The van der Waals surface area contributed by atoms with Crippen LogP contribution in [-0.2, 0) is 9.31 Å². The van der Waals surface area contributed by atoms with Gasteiger partial charge in [0.1, 0.15) is 0 Å². The Kier molecular flexibility index (Phi) is 3.75. The van der Waals surface area contributed by atoms with Crippen LogP contribution in [0.15, 0.2) is 66.7 Å². The molecule has 0 aliphatic carbocycles. The standard InChI is InChI=1S/C22H23BO2/c1-21(2)22(3,4)25-23(24-21)19-15-14-16-10-8-9-13-18(16)20(19)17-11-6-5-7-12-17/h5-15H,1-4H3. The molecule has 0 amide bonds. The largest absolute Gasteiger partial charge is 0.495 e. The van der Waals surface area contributed by atoms with Crippen molar-refractivity contribution in [3.8, 4) is 11.1 Å². The molecule has 0 spiro atoms. The van der Waals surface area contributed by atoms with E-state index >= 15 is 0 Å². The normalized spacial score (nSPS) is 18.6. The first-order valence-corrected chi connectivity index (χ1v) is 8.82.